The fourth-order valence-corrected chi connectivity index (χ4v) is 4.85. The molecule has 174 valence electrons. The van der Waals surface area contributed by atoms with Gasteiger partial charge in [-0.3, -0.25) is 4.79 Å². The van der Waals surface area contributed by atoms with Gasteiger partial charge in [0.05, 0.1) is 35.0 Å². The molecule has 1 fully saturated rings. The van der Waals surface area contributed by atoms with Crippen LogP contribution in [-0.4, -0.2) is 40.6 Å². The highest BCUT2D eigenvalue weighted by atomic mass is 32.2. The first kappa shape index (κ1) is 23.4. The first-order valence-corrected chi connectivity index (χ1v) is 12.3. The van der Waals surface area contributed by atoms with Crippen molar-refractivity contribution >= 4 is 27.3 Å². The number of amides is 1. The number of morpholine rings is 1. The summed E-state index contributed by atoms with van der Waals surface area (Å²) in [5.41, 5.74) is 2.89. The van der Waals surface area contributed by atoms with Gasteiger partial charge in [-0.2, -0.15) is 5.26 Å². The third-order valence-corrected chi connectivity index (χ3v) is 6.94. The molecule has 0 spiro atoms. The Bertz CT molecular complexity index is 1310. The molecule has 0 atom stereocenters. The van der Waals surface area contributed by atoms with E-state index in [-0.39, 0.29) is 22.9 Å². The lowest BCUT2D eigenvalue weighted by Crippen LogP contribution is -2.36. The second-order valence-electron chi connectivity index (χ2n) is 7.70. The zero-order valence-electron chi connectivity index (χ0n) is 18.4. The molecule has 1 amide bonds. The summed E-state index contributed by atoms with van der Waals surface area (Å²) in [6.07, 6.45) is 0. The molecule has 1 aliphatic heterocycles. The first-order chi connectivity index (χ1) is 16.5. The molecule has 0 radical (unpaired) electrons. The number of rotatable bonds is 7. The SMILES string of the molecule is N#Cc1ccccc1S(=O)(=O)NCc1ccc(C(=O)Nc2ccccc2N2CCOCC2)cc1. The quantitative estimate of drug-likeness (QED) is 0.542. The molecule has 3 aromatic rings. The minimum absolute atomic E-state index is 0.0316. The van der Waals surface area contributed by atoms with Crippen LogP contribution in [0.1, 0.15) is 21.5 Å². The molecule has 34 heavy (non-hydrogen) atoms. The fourth-order valence-electron chi connectivity index (χ4n) is 3.68. The summed E-state index contributed by atoms with van der Waals surface area (Å²) in [6, 6.07) is 22.3. The maximum atomic E-state index is 12.8. The number of sulfonamides is 1. The molecule has 0 aromatic heterocycles. The molecule has 0 aliphatic carbocycles. The van der Waals surface area contributed by atoms with E-state index >= 15 is 0 Å². The lowest BCUT2D eigenvalue weighted by atomic mass is 10.1. The van der Waals surface area contributed by atoms with Crippen molar-refractivity contribution in [3.8, 4) is 6.07 Å². The van der Waals surface area contributed by atoms with Gasteiger partial charge in [-0.25, -0.2) is 13.1 Å². The zero-order chi connectivity index (χ0) is 24.0. The lowest BCUT2D eigenvalue weighted by molar-refractivity contribution is 0.102. The highest BCUT2D eigenvalue weighted by Crippen LogP contribution is 2.27. The Balaban J connectivity index is 1.41. The maximum Gasteiger partial charge on any atom is 0.255 e. The number of para-hydroxylation sites is 2. The first-order valence-electron chi connectivity index (χ1n) is 10.8. The van der Waals surface area contributed by atoms with Crippen molar-refractivity contribution in [1.29, 1.82) is 5.26 Å². The highest BCUT2D eigenvalue weighted by Gasteiger charge is 2.19. The highest BCUT2D eigenvalue weighted by molar-refractivity contribution is 7.89. The molecule has 0 saturated carbocycles. The minimum Gasteiger partial charge on any atom is -0.378 e. The Labute approximate surface area is 198 Å². The van der Waals surface area contributed by atoms with E-state index in [0.717, 1.165) is 24.5 Å². The van der Waals surface area contributed by atoms with E-state index in [0.29, 0.717) is 24.3 Å². The number of nitriles is 1. The molecule has 8 nitrogen and oxygen atoms in total. The van der Waals surface area contributed by atoms with Gasteiger partial charge in [0.2, 0.25) is 10.0 Å². The molecule has 1 aliphatic rings. The Morgan fingerprint density at radius 3 is 2.38 bits per heavy atom. The summed E-state index contributed by atoms with van der Waals surface area (Å²) < 4.78 is 33.1. The van der Waals surface area contributed by atoms with E-state index < -0.39 is 10.0 Å². The number of carbonyl (C=O) groups excluding carboxylic acids is 1. The van der Waals surface area contributed by atoms with Crippen molar-refractivity contribution in [2.24, 2.45) is 0 Å². The predicted molar refractivity (Wildman–Crippen MR) is 129 cm³/mol. The normalized spacial score (nSPS) is 13.8. The number of ether oxygens (including phenoxy) is 1. The van der Waals surface area contributed by atoms with Crippen molar-refractivity contribution in [3.63, 3.8) is 0 Å². The molecule has 2 N–H and O–H groups in total. The van der Waals surface area contributed by atoms with Crippen LogP contribution >= 0.6 is 0 Å². The second-order valence-corrected chi connectivity index (χ2v) is 9.44. The van der Waals surface area contributed by atoms with Gasteiger partial charge in [0.25, 0.3) is 5.91 Å². The van der Waals surface area contributed by atoms with E-state index in [2.05, 4.69) is 14.9 Å². The van der Waals surface area contributed by atoms with Crippen molar-refractivity contribution in [3.05, 3.63) is 89.5 Å². The predicted octanol–water partition coefficient (Wildman–Crippen LogP) is 3.13. The summed E-state index contributed by atoms with van der Waals surface area (Å²) in [4.78, 5) is 15.0. The van der Waals surface area contributed by atoms with Crippen LogP contribution in [0.25, 0.3) is 0 Å². The molecule has 1 saturated heterocycles. The van der Waals surface area contributed by atoms with E-state index in [1.807, 2.05) is 30.3 Å². The molecule has 0 unspecified atom stereocenters. The van der Waals surface area contributed by atoms with Crippen LogP contribution in [0, 0.1) is 11.3 Å². The van der Waals surface area contributed by atoms with Gasteiger partial charge < -0.3 is 15.0 Å². The topological polar surface area (TPSA) is 112 Å². The molecule has 4 rings (SSSR count). The third kappa shape index (κ3) is 5.43. The number of carbonyl (C=O) groups is 1. The van der Waals surface area contributed by atoms with Gasteiger partial charge >= 0.3 is 0 Å². The smallest absolute Gasteiger partial charge is 0.255 e. The minimum atomic E-state index is -3.85. The Hall–Kier alpha value is -3.71. The summed E-state index contributed by atoms with van der Waals surface area (Å²) in [5.74, 6) is -0.254. The standard InChI is InChI=1S/C25H24N4O4S/c26-17-21-5-1-4-8-24(21)34(31,32)27-18-19-9-11-20(12-10-19)25(30)28-22-6-2-3-7-23(22)29-13-15-33-16-14-29/h1-12,27H,13-16,18H2,(H,28,30). The van der Waals surface area contributed by atoms with E-state index in [4.69, 9.17) is 10.00 Å². The monoisotopic (exact) mass is 476 g/mol. The van der Waals surface area contributed by atoms with Crippen molar-refractivity contribution in [2.75, 3.05) is 36.5 Å². The van der Waals surface area contributed by atoms with E-state index in [1.54, 1.807) is 36.4 Å². The van der Waals surface area contributed by atoms with Gasteiger partial charge in [0.15, 0.2) is 0 Å². The average molecular weight is 477 g/mol. The molecular weight excluding hydrogens is 452 g/mol. The Morgan fingerprint density at radius 1 is 0.971 bits per heavy atom. The van der Waals surface area contributed by atoms with Gasteiger partial charge in [0.1, 0.15) is 6.07 Å². The van der Waals surface area contributed by atoms with Crippen LogP contribution in [-0.2, 0) is 21.3 Å². The number of hydrogen-bond donors (Lipinski definition) is 2. The number of hydrogen-bond acceptors (Lipinski definition) is 6. The number of nitrogens with one attached hydrogen (secondary N) is 2. The van der Waals surface area contributed by atoms with Crippen LogP contribution < -0.4 is 14.9 Å². The molecular formula is C25H24N4O4S. The fraction of sp³-hybridized carbons (Fsp3) is 0.200. The lowest BCUT2D eigenvalue weighted by Gasteiger charge is -2.30. The maximum absolute atomic E-state index is 12.8. The van der Waals surface area contributed by atoms with Crippen LogP contribution in [0.2, 0.25) is 0 Å². The Morgan fingerprint density at radius 2 is 1.65 bits per heavy atom. The van der Waals surface area contributed by atoms with E-state index in [1.165, 1.54) is 12.1 Å². The van der Waals surface area contributed by atoms with Crippen molar-refractivity contribution < 1.29 is 17.9 Å². The molecule has 3 aromatic carbocycles. The Kier molecular flexibility index (Phi) is 7.23. The number of benzene rings is 3. The molecule has 0 bridgehead atoms. The summed E-state index contributed by atoms with van der Waals surface area (Å²) in [6.45, 7) is 2.85. The third-order valence-electron chi connectivity index (χ3n) is 5.48. The van der Waals surface area contributed by atoms with Gasteiger partial charge in [-0.1, -0.05) is 36.4 Å². The van der Waals surface area contributed by atoms with Crippen molar-refractivity contribution in [1.82, 2.24) is 4.72 Å². The van der Waals surface area contributed by atoms with Gasteiger partial charge in [-0.15, -0.1) is 0 Å². The number of nitrogens with zero attached hydrogens (tertiary/aromatic N) is 2. The van der Waals surface area contributed by atoms with Crippen LogP contribution in [0.5, 0.6) is 0 Å². The van der Waals surface area contributed by atoms with Crippen molar-refractivity contribution in [2.45, 2.75) is 11.4 Å². The summed E-state index contributed by atoms with van der Waals surface area (Å²) >= 11 is 0. The zero-order valence-corrected chi connectivity index (χ0v) is 19.2. The van der Waals surface area contributed by atoms with Crippen LogP contribution in [0.3, 0.4) is 0 Å². The van der Waals surface area contributed by atoms with Gasteiger partial charge in [-0.05, 0) is 42.0 Å². The van der Waals surface area contributed by atoms with Crippen LogP contribution in [0.15, 0.2) is 77.7 Å². The summed E-state index contributed by atoms with van der Waals surface area (Å²) in [5, 5.41) is 12.1. The second kappa shape index (κ2) is 10.5. The number of anilines is 2. The van der Waals surface area contributed by atoms with E-state index in [9.17, 15) is 13.2 Å². The largest absolute Gasteiger partial charge is 0.378 e. The molecule has 1 heterocycles. The average Bonchev–Trinajstić information content (AvgIpc) is 2.88. The molecule has 9 heteroatoms. The summed E-state index contributed by atoms with van der Waals surface area (Å²) in [7, 11) is -3.85. The van der Waals surface area contributed by atoms with Gasteiger partial charge in [0, 0.05) is 25.2 Å². The van der Waals surface area contributed by atoms with Crippen LogP contribution in [0.4, 0.5) is 11.4 Å².